The summed E-state index contributed by atoms with van der Waals surface area (Å²) in [5, 5.41) is 3.28. The first kappa shape index (κ1) is 16.3. The van der Waals surface area contributed by atoms with Gasteiger partial charge in [0, 0.05) is 12.1 Å². The zero-order valence-electron chi connectivity index (χ0n) is 12.1. The fraction of sp³-hybridized carbons (Fsp3) is 0.625. The molecule has 1 aromatic carbocycles. The van der Waals surface area contributed by atoms with Crippen LogP contribution in [0, 0.1) is 11.7 Å². The Morgan fingerprint density at radius 1 is 1.29 bits per heavy atom. The lowest BCUT2D eigenvalue weighted by atomic mass is 9.84. The van der Waals surface area contributed by atoms with E-state index in [1.165, 1.54) is 12.1 Å². The van der Waals surface area contributed by atoms with E-state index >= 15 is 0 Å². The summed E-state index contributed by atoms with van der Waals surface area (Å²) in [5.74, 6) is -1.53. The van der Waals surface area contributed by atoms with Crippen LogP contribution in [0.1, 0.15) is 50.6 Å². The molecule has 5 heteroatoms. The molecule has 0 spiro atoms. The number of halogens is 4. The largest absolute Gasteiger partial charge is 0.391 e. The average molecular weight is 303 g/mol. The summed E-state index contributed by atoms with van der Waals surface area (Å²) in [5.41, 5.74) is 0.798. The van der Waals surface area contributed by atoms with E-state index in [2.05, 4.69) is 5.32 Å². The van der Waals surface area contributed by atoms with Crippen LogP contribution < -0.4 is 5.32 Å². The van der Waals surface area contributed by atoms with Gasteiger partial charge in [0.1, 0.15) is 5.82 Å². The first-order valence-electron chi connectivity index (χ1n) is 7.48. The third-order valence-corrected chi connectivity index (χ3v) is 4.23. The van der Waals surface area contributed by atoms with E-state index in [1.807, 2.05) is 13.0 Å². The highest BCUT2D eigenvalue weighted by Crippen LogP contribution is 2.38. The minimum Gasteiger partial charge on any atom is -0.307 e. The SMILES string of the molecule is CCC(NC1CCCC(C(F)(F)F)C1)c1cccc(F)c1. The highest BCUT2D eigenvalue weighted by molar-refractivity contribution is 5.20. The third-order valence-electron chi connectivity index (χ3n) is 4.23. The molecule has 3 unspecified atom stereocenters. The van der Waals surface area contributed by atoms with Crippen LogP contribution in [0.5, 0.6) is 0 Å². The molecule has 0 bridgehead atoms. The summed E-state index contributed by atoms with van der Waals surface area (Å²) < 4.78 is 51.8. The van der Waals surface area contributed by atoms with Crippen LogP contribution in [-0.2, 0) is 0 Å². The first-order valence-corrected chi connectivity index (χ1v) is 7.48. The molecule has 0 heterocycles. The molecule has 118 valence electrons. The van der Waals surface area contributed by atoms with Gasteiger partial charge in [-0.3, -0.25) is 0 Å². The molecule has 0 amide bonds. The van der Waals surface area contributed by atoms with Crippen LogP contribution in [0.2, 0.25) is 0 Å². The van der Waals surface area contributed by atoms with Crippen LogP contribution in [0.4, 0.5) is 17.6 Å². The zero-order chi connectivity index (χ0) is 15.5. The summed E-state index contributed by atoms with van der Waals surface area (Å²) in [6.07, 6.45) is -1.72. The van der Waals surface area contributed by atoms with E-state index in [1.54, 1.807) is 6.07 Å². The Hall–Kier alpha value is -1.10. The van der Waals surface area contributed by atoms with E-state index in [9.17, 15) is 17.6 Å². The first-order chi connectivity index (χ1) is 9.90. The second kappa shape index (κ2) is 6.77. The van der Waals surface area contributed by atoms with Gasteiger partial charge in [-0.15, -0.1) is 0 Å². The molecule has 0 radical (unpaired) electrons. The molecular formula is C16H21F4N. The van der Waals surface area contributed by atoms with E-state index in [4.69, 9.17) is 0 Å². The lowest BCUT2D eigenvalue weighted by Crippen LogP contribution is -2.40. The van der Waals surface area contributed by atoms with Gasteiger partial charge in [0.15, 0.2) is 0 Å². The fourth-order valence-electron chi connectivity index (χ4n) is 3.10. The Morgan fingerprint density at radius 2 is 2.05 bits per heavy atom. The van der Waals surface area contributed by atoms with Crippen molar-refractivity contribution in [1.29, 1.82) is 0 Å². The quantitative estimate of drug-likeness (QED) is 0.773. The number of hydrogen-bond donors (Lipinski definition) is 1. The molecular weight excluding hydrogens is 282 g/mol. The maximum atomic E-state index is 13.3. The molecule has 2 rings (SSSR count). The van der Waals surface area contributed by atoms with Crippen molar-refractivity contribution in [3.63, 3.8) is 0 Å². The molecule has 1 aliphatic carbocycles. The maximum Gasteiger partial charge on any atom is 0.391 e. The van der Waals surface area contributed by atoms with Gasteiger partial charge in [-0.2, -0.15) is 13.2 Å². The van der Waals surface area contributed by atoms with Crippen LogP contribution >= 0.6 is 0 Å². The molecule has 1 aliphatic rings. The Labute approximate surface area is 122 Å². The van der Waals surface area contributed by atoms with Crippen molar-refractivity contribution in [3.05, 3.63) is 35.6 Å². The van der Waals surface area contributed by atoms with Gasteiger partial charge in [-0.1, -0.05) is 25.5 Å². The van der Waals surface area contributed by atoms with Crippen molar-refractivity contribution in [2.75, 3.05) is 0 Å². The van der Waals surface area contributed by atoms with Crippen LogP contribution in [0.25, 0.3) is 0 Å². The van der Waals surface area contributed by atoms with Gasteiger partial charge in [0.05, 0.1) is 5.92 Å². The van der Waals surface area contributed by atoms with Crippen molar-refractivity contribution in [2.24, 2.45) is 5.92 Å². The van der Waals surface area contributed by atoms with Gasteiger partial charge >= 0.3 is 6.18 Å². The highest BCUT2D eigenvalue weighted by atomic mass is 19.4. The molecule has 0 aromatic heterocycles. The van der Waals surface area contributed by atoms with Crippen molar-refractivity contribution < 1.29 is 17.6 Å². The predicted molar refractivity (Wildman–Crippen MR) is 74.4 cm³/mol. The molecule has 3 atom stereocenters. The van der Waals surface area contributed by atoms with Crippen LogP contribution in [0.3, 0.4) is 0 Å². The highest BCUT2D eigenvalue weighted by Gasteiger charge is 2.42. The van der Waals surface area contributed by atoms with E-state index in [-0.39, 0.29) is 30.7 Å². The van der Waals surface area contributed by atoms with Gasteiger partial charge in [0.25, 0.3) is 0 Å². The topological polar surface area (TPSA) is 12.0 Å². The van der Waals surface area contributed by atoms with Crippen molar-refractivity contribution in [2.45, 2.75) is 57.3 Å². The number of alkyl halides is 3. The number of benzene rings is 1. The van der Waals surface area contributed by atoms with Gasteiger partial charge in [0.2, 0.25) is 0 Å². The summed E-state index contributed by atoms with van der Waals surface area (Å²) in [4.78, 5) is 0. The second-order valence-corrected chi connectivity index (χ2v) is 5.78. The van der Waals surface area contributed by atoms with Crippen molar-refractivity contribution in [3.8, 4) is 0 Å². The zero-order valence-corrected chi connectivity index (χ0v) is 12.1. The Morgan fingerprint density at radius 3 is 2.67 bits per heavy atom. The van der Waals surface area contributed by atoms with Crippen molar-refractivity contribution in [1.82, 2.24) is 5.32 Å². The van der Waals surface area contributed by atoms with Crippen LogP contribution in [0.15, 0.2) is 24.3 Å². The second-order valence-electron chi connectivity index (χ2n) is 5.78. The average Bonchev–Trinajstić information content (AvgIpc) is 2.44. The maximum absolute atomic E-state index is 13.3. The lowest BCUT2D eigenvalue weighted by Gasteiger charge is -2.33. The summed E-state index contributed by atoms with van der Waals surface area (Å²) in [6.45, 7) is 1.95. The number of hydrogen-bond acceptors (Lipinski definition) is 1. The number of nitrogens with one attached hydrogen (secondary N) is 1. The monoisotopic (exact) mass is 303 g/mol. The van der Waals surface area contributed by atoms with Gasteiger partial charge in [-0.05, 0) is 43.4 Å². The van der Waals surface area contributed by atoms with Crippen LogP contribution in [-0.4, -0.2) is 12.2 Å². The van der Waals surface area contributed by atoms with E-state index in [0.717, 1.165) is 18.4 Å². The standard InChI is InChI=1S/C16H21F4N/c1-2-15(11-5-3-7-13(17)9-11)21-14-8-4-6-12(10-14)16(18,19)20/h3,5,7,9,12,14-15,21H,2,4,6,8,10H2,1H3. The Kier molecular flexibility index (Phi) is 5.25. The minimum absolute atomic E-state index is 0.0994. The minimum atomic E-state index is -4.11. The van der Waals surface area contributed by atoms with Gasteiger partial charge < -0.3 is 5.32 Å². The molecule has 21 heavy (non-hydrogen) atoms. The summed E-state index contributed by atoms with van der Waals surface area (Å²) in [6, 6.07) is 6.01. The summed E-state index contributed by atoms with van der Waals surface area (Å²) in [7, 11) is 0. The van der Waals surface area contributed by atoms with Crippen molar-refractivity contribution >= 4 is 0 Å². The molecule has 1 N–H and O–H groups in total. The lowest BCUT2D eigenvalue weighted by molar-refractivity contribution is -0.183. The molecule has 1 saturated carbocycles. The normalized spacial score (nSPS) is 24.8. The smallest absolute Gasteiger partial charge is 0.307 e. The fourth-order valence-corrected chi connectivity index (χ4v) is 3.10. The molecule has 1 fully saturated rings. The third kappa shape index (κ3) is 4.43. The Balaban J connectivity index is 2.01. The van der Waals surface area contributed by atoms with E-state index in [0.29, 0.717) is 6.42 Å². The number of rotatable bonds is 4. The Bertz CT molecular complexity index is 458. The molecule has 0 aliphatic heterocycles. The molecule has 1 aromatic rings. The summed E-state index contributed by atoms with van der Waals surface area (Å²) >= 11 is 0. The molecule has 0 saturated heterocycles. The molecule has 1 nitrogen and oxygen atoms in total. The van der Waals surface area contributed by atoms with E-state index < -0.39 is 12.1 Å². The van der Waals surface area contributed by atoms with Gasteiger partial charge in [-0.25, -0.2) is 4.39 Å². The predicted octanol–water partition coefficient (Wildman–Crippen LogP) is 4.99.